The second kappa shape index (κ2) is 9.93. The van der Waals surface area contributed by atoms with Crippen molar-refractivity contribution in [2.45, 2.75) is 31.8 Å². The number of hydrogen-bond donors (Lipinski definition) is 1. The maximum Gasteiger partial charge on any atom is 0.252 e. The van der Waals surface area contributed by atoms with Gasteiger partial charge in [0.15, 0.2) is 0 Å². The Morgan fingerprint density at radius 2 is 1.43 bits per heavy atom. The molecule has 0 bridgehead atoms. The Kier molecular flexibility index (Phi) is 6.95. The zero-order valence-electron chi connectivity index (χ0n) is 20.2. The molecule has 0 saturated heterocycles. The van der Waals surface area contributed by atoms with Gasteiger partial charge in [-0.2, -0.15) is 4.31 Å². The van der Waals surface area contributed by atoms with Gasteiger partial charge in [0.25, 0.3) is 5.56 Å². The average molecular weight is 493 g/mol. The summed E-state index contributed by atoms with van der Waals surface area (Å²) < 4.78 is 39.1. The van der Waals surface area contributed by atoms with Gasteiger partial charge in [-0.25, -0.2) is 8.42 Å². The van der Waals surface area contributed by atoms with Gasteiger partial charge >= 0.3 is 0 Å². The number of fused-ring (bicyclic) bond motifs is 1. The molecule has 1 N–H and O–H groups in total. The van der Waals surface area contributed by atoms with E-state index in [-0.39, 0.29) is 23.5 Å². The van der Waals surface area contributed by atoms with Crippen molar-refractivity contribution in [1.29, 1.82) is 0 Å². The summed E-state index contributed by atoms with van der Waals surface area (Å²) in [6.07, 6.45) is 0. The maximum absolute atomic E-state index is 13.7. The number of rotatable bonds is 8. The summed E-state index contributed by atoms with van der Waals surface area (Å²) in [5.41, 5.74) is 3.66. The summed E-state index contributed by atoms with van der Waals surface area (Å²) in [5, 5.41) is 0.856. The van der Waals surface area contributed by atoms with E-state index < -0.39 is 10.0 Å². The second-order valence-corrected chi connectivity index (χ2v) is 10.3. The van der Waals surface area contributed by atoms with Crippen LogP contribution < -0.4 is 15.0 Å². The molecular formula is C27H28N2O5S. The summed E-state index contributed by atoms with van der Waals surface area (Å²) in [6.45, 7) is 3.94. The molecule has 0 amide bonds. The van der Waals surface area contributed by atoms with Crippen molar-refractivity contribution < 1.29 is 17.9 Å². The molecule has 0 saturated carbocycles. The van der Waals surface area contributed by atoms with E-state index in [0.717, 1.165) is 27.6 Å². The molecule has 35 heavy (non-hydrogen) atoms. The van der Waals surface area contributed by atoms with Gasteiger partial charge in [0.05, 0.1) is 24.6 Å². The number of benzene rings is 3. The van der Waals surface area contributed by atoms with E-state index >= 15 is 0 Å². The lowest BCUT2D eigenvalue weighted by molar-refractivity contribution is 0.397. The van der Waals surface area contributed by atoms with Crippen LogP contribution in [0.25, 0.3) is 10.9 Å². The number of aryl methyl sites for hydroxylation is 2. The number of nitrogens with zero attached hydrogens (tertiary/aromatic N) is 1. The second-order valence-electron chi connectivity index (χ2n) is 8.39. The number of H-pyrrole nitrogens is 1. The van der Waals surface area contributed by atoms with Crippen LogP contribution in [0.3, 0.4) is 0 Å². The molecule has 0 radical (unpaired) electrons. The van der Waals surface area contributed by atoms with Gasteiger partial charge in [0.1, 0.15) is 11.5 Å². The highest BCUT2D eigenvalue weighted by atomic mass is 32.2. The van der Waals surface area contributed by atoms with E-state index in [1.807, 2.05) is 38.1 Å². The van der Waals surface area contributed by atoms with Crippen molar-refractivity contribution in [3.05, 3.63) is 99.3 Å². The van der Waals surface area contributed by atoms with Crippen LogP contribution >= 0.6 is 0 Å². The third-order valence-electron chi connectivity index (χ3n) is 6.19. The Balaban J connectivity index is 1.76. The first-order valence-corrected chi connectivity index (χ1v) is 12.6. The van der Waals surface area contributed by atoms with Crippen molar-refractivity contribution in [3.8, 4) is 11.5 Å². The minimum absolute atomic E-state index is 0.0847. The predicted molar refractivity (Wildman–Crippen MR) is 136 cm³/mol. The van der Waals surface area contributed by atoms with Crippen molar-refractivity contribution in [1.82, 2.24) is 9.29 Å². The minimum Gasteiger partial charge on any atom is -0.497 e. The largest absolute Gasteiger partial charge is 0.497 e. The highest BCUT2D eigenvalue weighted by Gasteiger charge is 2.26. The normalized spacial score (nSPS) is 11.7. The number of methoxy groups -OCH3 is 2. The standard InChI is InChI=1S/C27H28N2O5S/c1-18-5-8-21-15-22(27(30)28-26(21)19(18)2)17-29(16-20-6-9-23(33-3)10-7-20)35(31,32)25-13-11-24(34-4)12-14-25/h5-15H,16-17H2,1-4H3,(H,28,30). The summed E-state index contributed by atoms with van der Waals surface area (Å²) in [4.78, 5) is 16.1. The Morgan fingerprint density at radius 1 is 0.829 bits per heavy atom. The predicted octanol–water partition coefficient (Wildman–Crippen LogP) is 4.55. The van der Waals surface area contributed by atoms with E-state index in [4.69, 9.17) is 9.47 Å². The highest BCUT2D eigenvalue weighted by Crippen LogP contribution is 2.25. The van der Waals surface area contributed by atoms with Crippen molar-refractivity contribution in [2.75, 3.05) is 14.2 Å². The number of aromatic nitrogens is 1. The van der Waals surface area contributed by atoms with Gasteiger partial charge in [-0.15, -0.1) is 0 Å². The molecule has 3 aromatic carbocycles. The van der Waals surface area contributed by atoms with E-state index in [9.17, 15) is 13.2 Å². The Hall–Kier alpha value is -3.62. The molecule has 0 spiro atoms. The first-order chi connectivity index (χ1) is 16.7. The van der Waals surface area contributed by atoms with Gasteiger partial charge in [-0.3, -0.25) is 4.79 Å². The number of nitrogens with one attached hydrogen (secondary N) is 1. The number of sulfonamides is 1. The van der Waals surface area contributed by atoms with Gasteiger partial charge in [0.2, 0.25) is 10.0 Å². The zero-order valence-corrected chi connectivity index (χ0v) is 21.0. The first kappa shape index (κ1) is 24.5. The molecular weight excluding hydrogens is 464 g/mol. The molecule has 4 rings (SSSR count). The number of ether oxygens (including phenoxy) is 2. The van der Waals surface area contributed by atoms with Crippen LogP contribution in [-0.4, -0.2) is 31.9 Å². The van der Waals surface area contributed by atoms with Gasteiger partial charge in [-0.1, -0.05) is 24.3 Å². The SMILES string of the molecule is COc1ccc(CN(Cc2cc3ccc(C)c(C)c3[nH]c2=O)S(=O)(=O)c2ccc(OC)cc2)cc1. The minimum atomic E-state index is -3.93. The third-order valence-corrected chi connectivity index (χ3v) is 8.00. The van der Waals surface area contributed by atoms with Crippen LogP contribution in [-0.2, 0) is 23.1 Å². The fourth-order valence-corrected chi connectivity index (χ4v) is 5.34. The van der Waals surface area contributed by atoms with Crippen LogP contribution in [0.1, 0.15) is 22.3 Å². The molecule has 8 heteroatoms. The fraction of sp³-hybridized carbons (Fsp3) is 0.222. The summed E-state index contributed by atoms with van der Waals surface area (Å²) in [6, 6.07) is 19.1. The van der Waals surface area contributed by atoms with Crippen LogP contribution in [0.15, 0.2) is 76.4 Å². The Bertz CT molecular complexity index is 1510. The van der Waals surface area contributed by atoms with Crippen molar-refractivity contribution in [3.63, 3.8) is 0 Å². The summed E-state index contributed by atoms with van der Waals surface area (Å²) >= 11 is 0. The van der Waals surface area contributed by atoms with E-state index in [1.165, 1.54) is 23.5 Å². The lowest BCUT2D eigenvalue weighted by Gasteiger charge is -2.23. The van der Waals surface area contributed by atoms with Gasteiger partial charge < -0.3 is 14.5 Å². The maximum atomic E-state index is 13.7. The highest BCUT2D eigenvalue weighted by molar-refractivity contribution is 7.89. The molecule has 0 aliphatic heterocycles. The van der Waals surface area contributed by atoms with Crippen LogP contribution in [0, 0.1) is 13.8 Å². The zero-order chi connectivity index (χ0) is 25.2. The Labute approximate surface area is 205 Å². The Morgan fingerprint density at radius 3 is 2.03 bits per heavy atom. The molecule has 1 heterocycles. The monoisotopic (exact) mass is 492 g/mol. The van der Waals surface area contributed by atoms with Gasteiger partial charge in [0, 0.05) is 18.7 Å². The summed E-state index contributed by atoms with van der Waals surface area (Å²) in [5.74, 6) is 1.23. The molecule has 0 fully saturated rings. The van der Waals surface area contributed by atoms with Crippen molar-refractivity contribution >= 4 is 20.9 Å². The van der Waals surface area contributed by atoms with Crippen LogP contribution in [0.2, 0.25) is 0 Å². The fourth-order valence-electron chi connectivity index (χ4n) is 3.93. The number of hydrogen-bond acceptors (Lipinski definition) is 5. The van der Waals surface area contributed by atoms with Crippen LogP contribution in [0.5, 0.6) is 11.5 Å². The molecule has 0 atom stereocenters. The molecule has 4 aromatic rings. The number of aromatic amines is 1. The quantitative estimate of drug-likeness (QED) is 0.390. The molecule has 0 unspecified atom stereocenters. The van der Waals surface area contributed by atoms with Gasteiger partial charge in [-0.05, 0) is 78.4 Å². The molecule has 7 nitrogen and oxygen atoms in total. The first-order valence-electron chi connectivity index (χ1n) is 11.1. The smallest absolute Gasteiger partial charge is 0.252 e. The summed E-state index contributed by atoms with van der Waals surface area (Å²) in [7, 11) is -0.833. The third kappa shape index (κ3) is 5.08. The lowest BCUT2D eigenvalue weighted by atomic mass is 10.0. The van der Waals surface area contributed by atoms with Crippen molar-refractivity contribution in [2.24, 2.45) is 0 Å². The lowest BCUT2D eigenvalue weighted by Crippen LogP contribution is -2.32. The molecule has 0 aliphatic rings. The topological polar surface area (TPSA) is 88.7 Å². The van der Waals surface area contributed by atoms with E-state index in [1.54, 1.807) is 37.4 Å². The number of pyridine rings is 1. The van der Waals surface area contributed by atoms with E-state index in [2.05, 4.69) is 4.98 Å². The van der Waals surface area contributed by atoms with Crippen LogP contribution in [0.4, 0.5) is 0 Å². The molecule has 182 valence electrons. The molecule has 0 aliphatic carbocycles. The molecule has 1 aromatic heterocycles. The van der Waals surface area contributed by atoms with E-state index in [0.29, 0.717) is 17.1 Å². The average Bonchev–Trinajstić information content (AvgIpc) is 2.87.